The van der Waals surface area contributed by atoms with E-state index in [1.807, 2.05) is 6.92 Å². The molecule has 33 heavy (non-hydrogen) atoms. The predicted molar refractivity (Wildman–Crippen MR) is 119 cm³/mol. The zero-order valence-electron chi connectivity index (χ0n) is 18.6. The Morgan fingerprint density at radius 2 is 1.70 bits per heavy atom. The fourth-order valence-corrected chi connectivity index (χ4v) is 3.41. The molecule has 2 atom stereocenters. The largest absolute Gasteiger partial charge is 0.444 e. The summed E-state index contributed by atoms with van der Waals surface area (Å²) >= 11 is 0. The summed E-state index contributed by atoms with van der Waals surface area (Å²) in [6.07, 6.45) is -0.192. The van der Waals surface area contributed by atoms with Gasteiger partial charge in [0.1, 0.15) is 11.1 Å². The number of hydrogen-bond acceptors (Lipinski definition) is 8. The van der Waals surface area contributed by atoms with Crippen LogP contribution in [0.1, 0.15) is 57.5 Å². The molecule has 11 heteroatoms. The van der Waals surface area contributed by atoms with Crippen LogP contribution in [0.25, 0.3) is 11.1 Å². The Hall–Kier alpha value is -4.02. The molecule has 0 aliphatic rings. The van der Waals surface area contributed by atoms with Crippen LogP contribution < -0.4 is 5.32 Å². The standard InChI is InChI=1S/C22H24N4O7/c1-5-16(20-23-17-12-15(26(30)31)10-11-18(17)32-20)19(24-21(27)33-22(2,3)4)13-6-8-14(9-7-13)25(28)29/h6-12,16,19H,5H2,1-4H3,(H,24,27)/t16-,19-/m0/s1. The Labute approximate surface area is 189 Å². The average molecular weight is 456 g/mol. The lowest BCUT2D eigenvalue weighted by Crippen LogP contribution is -2.37. The van der Waals surface area contributed by atoms with Crippen molar-refractivity contribution in [3.05, 3.63) is 74.1 Å². The number of benzene rings is 2. The third kappa shape index (κ3) is 5.62. The zero-order chi connectivity index (χ0) is 24.3. The van der Waals surface area contributed by atoms with Gasteiger partial charge in [-0.3, -0.25) is 20.2 Å². The summed E-state index contributed by atoms with van der Waals surface area (Å²) in [7, 11) is 0. The molecular formula is C22H24N4O7. The maximum absolute atomic E-state index is 12.6. The highest BCUT2D eigenvalue weighted by molar-refractivity contribution is 5.75. The van der Waals surface area contributed by atoms with Gasteiger partial charge in [0.25, 0.3) is 11.4 Å². The Morgan fingerprint density at radius 1 is 1.09 bits per heavy atom. The molecule has 0 saturated heterocycles. The second kappa shape index (κ2) is 9.23. The highest BCUT2D eigenvalue weighted by Gasteiger charge is 2.31. The molecule has 1 amide bonds. The molecule has 0 bridgehead atoms. The van der Waals surface area contributed by atoms with E-state index in [0.29, 0.717) is 23.1 Å². The molecule has 0 aliphatic heterocycles. The van der Waals surface area contributed by atoms with Crippen molar-refractivity contribution in [3.8, 4) is 0 Å². The fraction of sp³-hybridized carbons (Fsp3) is 0.364. The SMILES string of the molecule is CC[C@H](c1nc2cc([N+](=O)[O-])ccc2o1)[C@@H](NC(=O)OC(C)(C)C)c1ccc([N+](=O)[O-])cc1. The van der Waals surface area contributed by atoms with Crippen LogP contribution in [0.2, 0.25) is 0 Å². The van der Waals surface area contributed by atoms with E-state index < -0.39 is 33.5 Å². The molecule has 3 rings (SSSR count). The van der Waals surface area contributed by atoms with Gasteiger partial charge in [0.2, 0.25) is 5.89 Å². The van der Waals surface area contributed by atoms with Gasteiger partial charge >= 0.3 is 6.09 Å². The summed E-state index contributed by atoms with van der Waals surface area (Å²) in [5.74, 6) is -0.210. The Kier molecular flexibility index (Phi) is 6.61. The van der Waals surface area contributed by atoms with Gasteiger partial charge in [-0.25, -0.2) is 9.78 Å². The number of carbonyl (C=O) groups is 1. The van der Waals surface area contributed by atoms with Crippen LogP contribution in [0, 0.1) is 20.2 Å². The first-order valence-electron chi connectivity index (χ1n) is 10.3. The van der Waals surface area contributed by atoms with E-state index >= 15 is 0 Å². The second-order valence-corrected chi connectivity index (χ2v) is 8.45. The number of aromatic nitrogens is 1. The molecule has 0 radical (unpaired) electrons. The second-order valence-electron chi connectivity index (χ2n) is 8.45. The van der Waals surface area contributed by atoms with E-state index in [9.17, 15) is 25.0 Å². The van der Waals surface area contributed by atoms with Gasteiger partial charge in [0.15, 0.2) is 5.58 Å². The molecule has 1 N–H and O–H groups in total. The minimum Gasteiger partial charge on any atom is -0.444 e. The molecular weight excluding hydrogens is 432 g/mol. The van der Waals surface area contributed by atoms with Crippen LogP contribution in [-0.4, -0.2) is 26.5 Å². The van der Waals surface area contributed by atoms with Crippen molar-refractivity contribution in [3.63, 3.8) is 0 Å². The van der Waals surface area contributed by atoms with E-state index in [0.717, 1.165) is 0 Å². The number of hydrogen-bond donors (Lipinski definition) is 1. The molecule has 174 valence electrons. The summed E-state index contributed by atoms with van der Waals surface area (Å²) in [5.41, 5.74) is 0.339. The van der Waals surface area contributed by atoms with Crippen molar-refractivity contribution in [2.24, 2.45) is 0 Å². The van der Waals surface area contributed by atoms with Crippen molar-refractivity contribution in [1.82, 2.24) is 10.3 Å². The van der Waals surface area contributed by atoms with Crippen LogP contribution in [0.3, 0.4) is 0 Å². The number of fused-ring (bicyclic) bond motifs is 1. The number of oxazole rings is 1. The Bertz CT molecular complexity index is 1180. The Balaban J connectivity index is 2.02. The number of nitro benzene ring substituents is 2. The number of amides is 1. The molecule has 3 aromatic rings. The van der Waals surface area contributed by atoms with E-state index in [2.05, 4.69) is 10.3 Å². The maximum atomic E-state index is 12.6. The zero-order valence-corrected chi connectivity index (χ0v) is 18.6. The topological polar surface area (TPSA) is 151 Å². The number of alkyl carbamates (subject to hydrolysis) is 1. The van der Waals surface area contributed by atoms with E-state index in [-0.39, 0.29) is 17.3 Å². The van der Waals surface area contributed by atoms with Crippen LogP contribution >= 0.6 is 0 Å². The number of non-ortho nitro benzene ring substituents is 2. The third-order valence-corrected chi connectivity index (χ3v) is 4.89. The van der Waals surface area contributed by atoms with Crippen molar-refractivity contribution < 1.29 is 23.8 Å². The molecule has 1 heterocycles. The number of rotatable bonds is 7. The lowest BCUT2D eigenvalue weighted by atomic mass is 9.90. The molecule has 0 saturated carbocycles. The van der Waals surface area contributed by atoms with Crippen LogP contribution in [-0.2, 0) is 4.74 Å². The summed E-state index contributed by atoms with van der Waals surface area (Å²) in [5, 5.41) is 25.0. The molecule has 0 spiro atoms. The monoisotopic (exact) mass is 456 g/mol. The van der Waals surface area contributed by atoms with Crippen LogP contribution in [0.5, 0.6) is 0 Å². The fourth-order valence-electron chi connectivity index (χ4n) is 3.41. The van der Waals surface area contributed by atoms with Gasteiger partial charge in [0.05, 0.1) is 21.8 Å². The molecule has 0 fully saturated rings. The maximum Gasteiger partial charge on any atom is 0.408 e. The van der Waals surface area contributed by atoms with Gasteiger partial charge in [-0.15, -0.1) is 0 Å². The number of nitro groups is 2. The number of nitrogens with zero attached hydrogens (tertiary/aromatic N) is 3. The number of carbonyl (C=O) groups excluding carboxylic acids is 1. The number of ether oxygens (including phenoxy) is 1. The van der Waals surface area contributed by atoms with E-state index in [4.69, 9.17) is 9.15 Å². The minimum absolute atomic E-state index is 0.0861. The molecule has 2 aromatic carbocycles. The van der Waals surface area contributed by atoms with Gasteiger partial charge < -0.3 is 14.5 Å². The molecule has 1 aromatic heterocycles. The lowest BCUT2D eigenvalue weighted by Gasteiger charge is -2.27. The molecule has 11 nitrogen and oxygen atoms in total. The Morgan fingerprint density at radius 3 is 2.24 bits per heavy atom. The number of nitrogens with one attached hydrogen (secondary N) is 1. The van der Waals surface area contributed by atoms with Crippen molar-refractivity contribution in [2.75, 3.05) is 0 Å². The van der Waals surface area contributed by atoms with Crippen LogP contribution in [0.4, 0.5) is 16.2 Å². The average Bonchev–Trinajstić information content (AvgIpc) is 3.15. The summed E-state index contributed by atoms with van der Waals surface area (Å²) in [6, 6.07) is 9.23. The van der Waals surface area contributed by atoms with Gasteiger partial charge in [-0.1, -0.05) is 19.1 Å². The smallest absolute Gasteiger partial charge is 0.408 e. The first-order chi connectivity index (χ1) is 15.5. The molecule has 0 aliphatic carbocycles. The summed E-state index contributed by atoms with van der Waals surface area (Å²) < 4.78 is 11.3. The van der Waals surface area contributed by atoms with Crippen molar-refractivity contribution in [1.29, 1.82) is 0 Å². The first-order valence-corrected chi connectivity index (χ1v) is 10.3. The minimum atomic E-state index is -0.734. The third-order valence-electron chi connectivity index (χ3n) is 4.89. The van der Waals surface area contributed by atoms with Crippen molar-refractivity contribution in [2.45, 2.75) is 51.7 Å². The van der Waals surface area contributed by atoms with Gasteiger partial charge in [0, 0.05) is 24.3 Å². The van der Waals surface area contributed by atoms with Gasteiger partial charge in [-0.05, 0) is 38.8 Å². The van der Waals surface area contributed by atoms with E-state index in [1.54, 1.807) is 32.9 Å². The summed E-state index contributed by atoms with van der Waals surface area (Å²) in [4.78, 5) is 38.1. The first kappa shape index (κ1) is 23.6. The lowest BCUT2D eigenvalue weighted by molar-refractivity contribution is -0.385. The van der Waals surface area contributed by atoms with Crippen LogP contribution in [0.15, 0.2) is 46.9 Å². The quantitative estimate of drug-likeness (QED) is 0.366. The predicted octanol–water partition coefficient (Wildman–Crippen LogP) is 5.40. The molecule has 0 unspecified atom stereocenters. The van der Waals surface area contributed by atoms with E-state index in [1.165, 1.54) is 30.3 Å². The highest BCUT2D eigenvalue weighted by Crippen LogP contribution is 2.36. The normalized spacial score (nSPS) is 13.3. The summed E-state index contributed by atoms with van der Waals surface area (Å²) in [6.45, 7) is 7.08. The van der Waals surface area contributed by atoms with Gasteiger partial charge in [-0.2, -0.15) is 0 Å². The highest BCUT2D eigenvalue weighted by atomic mass is 16.6. The van der Waals surface area contributed by atoms with Crippen molar-refractivity contribution >= 4 is 28.6 Å².